The molecule has 1 unspecified atom stereocenters. The van der Waals surface area contributed by atoms with Gasteiger partial charge in [0.2, 0.25) is 0 Å². The molecule has 0 bridgehead atoms. The number of hydrogen-bond donors (Lipinski definition) is 0. The molecular formula is C18H29OP. The largest absolute Gasteiger partial charge is 0.289 e. The molecule has 20 heavy (non-hydrogen) atoms. The Morgan fingerprint density at radius 2 is 1.40 bits per heavy atom. The average molecular weight is 292 g/mol. The molecule has 0 heterocycles. The van der Waals surface area contributed by atoms with Crippen LogP contribution in [0.3, 0.4) is 0 Å². The molecule has 0 aliphatic heterocycles. The summed E-state index contributed by atoms with van der Waals surface area (Å²) in [6, 6.07) is 4.52. The summed E-state index contributed by atoms with van der Waals surface area (Å²) >= 11 is 0. The third kappa shape index (κ3) is 3.92. The maximum Gasteiger partial charge on any atom is 0.181 e. The highest BCUT2D eigenvalue weighted by atomic mass is 31.1. The van der Waals surface area contributed by atoms with Gasteiger partial charge in [0, 0.05) is 5.56 Å². The van der Waals surface area contributed by atoms with E-state index in [0.717, 1.165) is 11.7 Å². The van der Waals surface area contributed by atoms with E-state index in [-0.39, 0.29) is 0 Å². The van der Waals surface area contributed by atoms with Gasteiger partial charge < -0.3 is 0 Å². The van der Waals surface area contributed by atoms with Crippen molar-refractivity contribution in [1.29, 1.82) is 0 Å². The molecule has 1 nitrogen and oxygen atoms in total. The number of carbonyl (C=O) groups is 1. The lowest BCUT2D eigenvalue weighted by Gasteiger charge is -2.22. The van der Waals surface area contributed by atoms with E-state index in [9.17, 15) is 4.79 Å². The molecule has 1 atom stereocenters. The lowest BCUT2D eigenvalue weighted by Crippen LogP contribution is -2.09. The van der Waals surface area contributed by atoms with Crippen molar-refractivity contribution in [1.82, 2.24) is 0 Å². The van der Waals surface area contributed by atoms with Gasteiger partial charge in [-0.2, -0.15) is 0 Å². The lowest BCUT2D eigenvalue weighted by molar-refractivity contribution is 0.108. The standard InChI is InChI=1S/C18H29OP/c1-8-20-18(19)17-15(12(4)5)9-14(11(2)3)10-16(17)13(6)7/h9-13,20H,8H2,1-7H3. The average Bonchev–Trinajstić information content (AvgIpc) is 2.36. The second-order valence-electron chi connectivity index (χ2n) is 6.40. The highest BCUT2D eigenvalue weighted by Gasteiger charge is 2.21. The van der Waals surface area contributed by atoms with Gasteiger partial charge in [0.25, 0.3) is 0 Å². The summed E-state index contributed by atoms with van der Waals surface area (Å²) < 4.78 is 0. The molecule has 0 aliphatic rings. The Morgan fingerprint density at radius 3 is 1.70 bits per heavy atom. The van der Waals surface area contributed by atoms with Gasteiger partial charge in [-0.15, -0.1) is 0 Å². The van der Waals surface area contributed by atoms with Gasteiger partial charge in [-0.1, -0.05) is 60.6 Å². The molecule has 0 aromatic heterocycles. The van der Waals surface area contributed by atoms with Crippen LogP contribution < -0.4 is 0 Å². The number of carbonyl (C=O) groups excluding carboxylic acids is 1. The number of benzene rings is 1. The van der Waals surface area contributed by atoms with Crippen molar-refractivity contribution in [2.75, 3.05) is 6.16 Å². The lowest BCUT2D eigenvalue weighted by atomic mass is 9.85. The molecule has 1 rings (SSSR count). The number of hydrogen-bond acceptors (Lipinski definition) is 1. The fraction of sp³-hybridized carbons (Fsp3) is 0.611. The van der Waals surface area contributed by atoms with Gasteiger partial charge in [0.05, 0.1) is 0 Å². The van der Waals surface area contributed by atoms with Crippen LogP contribution in [0.2, 0.25) is 0 Å². The van der Waals surface area contributed by atoms with E-state index in [1.54, 1.807) is 0 Å². The zero-order valence-corrected chi connectivity index (χ0v) is 15.0. The highest BCUT2D eigenvalue weighted by molar-refractivity contribution is 7.58. The first kappa shape index (κ1) is 17.4. The van der Waals surface area contributed by atoms with E-state index in [0.29, 0.717) is 31.9 Å². The molecular weight excluding hydrogens is 263 g/mol. The molecule has 0 spiro atoms. The Morgan fingerprint density at radius 1 is 0.950 bits per heavy atom. The Hall–Kier alpha value is -0.680. The first-order valence-corrected chi connectivity index (χ1v) is 8.96. The topological polar surface area (TPSA) is 17.1 Å². The summed E-state index contributed by atoms with van der Waals surface area (Å²) in [5, 5.41) is 0. The summed E-state index contributed by atoms with van der Waals surface area (Å²) in [5.74, 6) is 1.29. The summed E-state index contributed by atoms with van der Waals surface area (Å²) in [4.78, 5) is 12.6. The van der Waals surface area contributed by atoms with Crippen LogP contribution in [-0.4, -0.2) is 11.7 Å². The maximum absolute atomic E-state index is 12.6. The van der Waals surface area contributed by atoms with Crippen LogP contribution in [0.4, 0.5) is 0 Å². The minimum Gasteiger partial charge on any atom is -0.289 e. The molecule has 0 amide bonds. The zero-order chi connectivity index (χ0) is 15.4. The minimum atomic E-state index is 0.343. The molecule has 1 aromatic carbocycles. The Bertz CT molecular complexity index is 443. The summed E-state index contributed by atoms with van der Waals surface area (Å²) in [6.07, 6.45) is 0.944. The van der Waals surface area contributed by atoms with Crippen LogP contribution in [0.1, 0.15) is 93.3 Å². The Balaban J connectivity index is 3.55. The molecule has 0 radical (unpaired) electrons. The predicted octanol–water partition coefficient (Wildman–Crippen LogP) is 5.90. The fourth-order valence-electron chi connectivity index (χ4n) is 2.47. The van der Waals surface area contributed by atoms with Crippen molar-refractivity contribution in [3.8, 4) is 0 Å². The number of rotatable bonds is 6. The van der Waals surface area contributed by atoms with Crippen LogP contribution in [-0.2, 0) is 0 Å². The van der Waals surface area contributed by atoms with Crippen molar-refractivity contribution in [3.05, 3.63) is 34.4 Å². The van der Waals surface area contributed by atoms with E-state index in [4.69, 9.17) is 0 Å². The van der Waals surface area contributed by atoms with E-state index < -0.39 is 0 Å². The van der Waals surface area contributed by atoms with Crippen LogP contribution in [0.25, 0.3) is 0 Å². The molecule has 112 valence electrons. The van der Waals surface area contributed by atoms with Gasteiger partial charge >= 0.3 is 0 Å². The molecule has 0 N–H and O–H groups in total. The van der Waals surface area contributed by atoms with Crippen molar-refractivity contribution in [3.63, 3.8) is 0 Å². The predicted molar refractivity (Wildman–Crippen MR) is 91.9 cm³/mol. The SMILES string of the molecule is CCPC(=O)c1c(C(C)C)cc(C(C)C)cc1C(C)C. The summed E-state index contributed by atoms with van der Waals surface area (Å²) in [6.45, 7) is 15.3. The van der Waals surface area contributed by atoms with Gasteiger partial charge in [-0.3, -0.25) is 4.79 Å². The van der Waals surface area contributed by atoms with Crippen molar-refractivity contribution in [2.45, 2.75) is 66.2 Å². The summed E-state index contributed by atoms with van der Waals surface area (Å²) in [5.41, 5.74) is 5.19. The quantitative estimate of drug-likeness (QED) is 0.597. The first-order chi connectivity index (χ1) is 9.29. The molecule has 0 aliphatic carbocycles. The van der Waals surface area contributed by atoms with Crippen LogP contribution in [0.15, 0.2) is 12.1 Å². The van der Waals surface area contributed by atoms with Crippen LogP contribution >= 0.6 is 8.58 Å². The minimum absolute atomic E-state index is 0.343. The van der Waals surface area contributed by atoms with E-state index in [2.05, 4.69) is 60.6 Å². The van der Waals surface area contributed by atoms with Crippen LogP contribution in [0, 0.1) is 0 Å². The fourth-order valence-corrected chi connectivity index (χ4v) is 3.25. The Kier molecular flexibility index (Phi) is 6.40. The van der Waals surface area contributed by atoms with Crippen LogP contribution in [0.5, 0.6) is 0 Å². The molecule has 1 aromatic rings. The normalized spacial score (nSPS) is 12.3. The smallest absolute Gasteiger partial charge is 0.181 e. The van der Waals surface area contributed by atoms with Gasteiger partial charge in [0.1, 0.15) is 0 Å². The second kappa shape index (κ2) is 7.36. The molecule has 0 saturated carbocycles. The molecule has 0 fully saturated rings. The molecule has 0 saturated heterocycles. The van der Waals surface area contributed by atoms with Gasteiger partial charge in [-0.05, 0) is 49.2 Å². The van der Waals surface area contributed by atoms with Gasteiger partial charge in [0.15, 0.2) is 5.52 Å². The van der Waals surface area contributed by atoms with E-state index >= 15 is 0 Å². The first-order valence-electron chi connectivity index (χ1n) is 7.75. The third-order valence-corrected chi connectivity index (χ3v) is 4.62. The molecule has 2 heteroatoms. The summed E-state index contributed by atoms with van der Waals surface area (Å²) in [7, 11) is 0.397. The van der Waals surface area contributed by atoms with Crippen molar-refractivity contribution >= 4 is 14.1 Å². The third-order valence-electron chi connectivity index (χ3n) is 3.70. The Labute approximate surface area is 126 Å². The second-order valence-corrected chi connectivity index (χ2v) is 7.91. The van der Waals surface area contributed by atoms with E-state index in [1.807, 2.05) is 0 Å². The maximum atomic E-state index is 12.6. The monoisotopic (exact) mass is 292 g/mol. The van der Waals surface area contributed by atoms with Gasteiger partial charge in [-0.25, -0.2) is 0 Å². The highest BCUT2D eigenvalue weighted by Crippen LogP contribution is 2.35. The van der Waals surface area contributed by atoms with Crippen molar-refractivity contribution < 1.29 is 4.79 Å². The van der Waals surface area contributed by atoms with Crippen molar-refractivity contribution in [2.24, 2.45) is 0 Å². The van der Waals surface area contributed by atoms with E-state index in [1.165, 1.54) is 16.7 Å². The zero-order valence-electron chi connectivity index (χ0n) is 14.0.